The molecule has 0 aromatic heterocycles. The third-order valence-electron chi connectivity index (χ3n) is 2.94. The van der Waals surface area contributed by atoms with Crippen LogP contribution in [0.4, 0.5) is 0 Å². The number of carbonyl (C=O) groups is 1. The monoisotopic (exact) mass is 237 g/mol. The van der Waals surface area contributed by atoms with Gasteiger partial charge in [-0.3, -0.25) is 4.79 Å². The zero-order valence-corrected chi connectivity index (χ0v) is 10.1. The highest BCUT2D eigenvalue weighted by atomic mass is 35.5. The molecule has 4 nitrogen and oxygen atoms in total. The van der Waals surface area contributed by atoms with E-state index in [0.717, 1.165) is 13.1 Å². The average molecular weight is 238 g/mol. The van der Waals surface area contributed by atoms with Crippen molar-refractivity contribution in [3.05, 3.63) is 0 Å². The number of nitrogens with zero attached hydrogens (tertiary/aromatic N) is 1. The number of aliphatic carboxylic acids is 1. The predicted octanol–water partition coefficient (Wildman–Crippen LogP) is 1.12. The SMILES string of the molecule is CC(C)N1CCC(O)(CC(=O)O)CC1.Cl. The van der Waals surface area contributed by atoms with Gasteiger partial charge < -0.3 is 15.1 Å². The first-order valence-corrected chi connectivity index (χ1v) is 5.11. The summed E-state index contributed by atoms with van der Waals surface area (Å²) in [5.41, 5.74) is -0.975. The average Bonchev–Trinajstić information content (AvgIpc) is 2.02. The number of piperidine rings is 1. The Hall–Kier alpha value is -0.320. The predicted molar refractivity (Wildman–Crippen MR) is 60.4 cm³/mol. The maximum Gasteiger partial charge on any atom is 0.306 e. The van der Waals surface area contributed by atoms with Gasteiger partial charge in [0.2, 0.25) is 0 Å². The largest absolute Gasteiger partial charge is 0.481 e. The van der Waals surface area contributed by atoms with E-state index in [1.807, 2.05) is 0 Å². The first kappa shape index (κ1) is 14.7. The Morgan fingerprint density at radius 3 is 2.20 bits per heavy atom. The second-order valence-corrected chi connectivity index (χ2v) is 4.42. The molecule has 1 rings (SSSR count). The van der Waals surface area contributed by atoms with Crippen LogP contribution in [0.3, 0.4) is 0 Å². The summed E-state index contributed by atoms with van der Waals surface area (Å²) in [6.07, 6.45) is 1.01. The summed E-state index contributed by atoms with van der Waals surface area (Å²) < 4.78 is 0. The molecule has 0 aromatic carbocycles. The fourth-order valence-electron chi connectivity index (χ4n) is 1.91. The third-order valence-corrected chi connectivity index (χ3v) is 2.94. The summed E-state index contributed by atoms with van der Waals surface area (Å²) in [7, 11) is 0. The summed E-state index contributed by atoms with van der Waals surface area (Å²) in [5.74, 6) is -0.912. The number of carboxylic acid groups (broad SMARTS) is 1. The lowest BCUT2D eigenvalue weighted by Gasteiger charge is -2.39. The minimum absolute atomic E-state index is 0. The van der Waals surface area contributed by atoms with Gasteiger partial charge >= 0.3 is 5.97 Å². The van der Waals surface area contributed by atoms with E-state index in [4.69, 9.17) is 5.11 Å². The molecular formula is C10H20ClNO3. The molecule has 2 N–H and O–H groups in total. The van der Waals surface area contributed by atoms with Crippen LogP contribution >= 0.6 is 12.4 Å². The van der Waals surface area contributed by atoms with Crippen LogP contribution in [0.2, 0.25) is 0 Å². The molecule has 0 atom stereocenters. The van der Waals surface area contributed by atoms with Gasteiger partial charge in [-0.05, 0) is 26.7 Å². The number of likely N-dealkylation sites (tertiary alicyclic amines) is 1. The highest BCUT2D eigenvalue weighted by Gasteiger charge is 2.34. The molecule has 1 saturated heterocycles. The van der Waals surface area contributed by atoms with E-state index >= 15 is 0 Å². The first-order valence-electron chi connectivity index (χ1n) is 5.11. The van der Waals surface area contributed by atoms with Crippen LogP contribution in [0.15, 0.2) is 0 Å². The number of hydrogen-bond acceptors (Lipinski definition) is 3. The van der Waals surface area contributed by atoms with Crippen LogP contribution in [0.1, 0.15) is 33.1 Å². The van der Waals surface area contributed by atoms with Crippen LogP contribution in [-0.4, -0.2) is 45.8 Å². The van der Waals surface area contributed by atoms with Gasteiger partial charge in [0.05, 0.1) is 12.0 Å². The second-order valence-electron chi connectivity index (χ2n) is 4.42. The minimum Gasteiger partial charge on any atom is -0.481 e. The van der Waals surface area contributed by atoms with Gasteiger partial charge in [0.1, 0.15) is 0 Å². The van der Waals surface area contributed by atoms with Gasteiger partial charge in [0, 0.05) is 19.1 Å². The molecule has 1 aliphatic rings. The Kier molecular flexibility index (Phi) is 5.56. The number of carboxylic acids is 1. The smallest absolute Gasteiger partial charge is 0.306 e. The van der Waals surface area contributed by atoms with Crippen LogP contribution in [0.25, 0.3) is 0 Å². The zero-order valence-electron chi connectivity index (χ0n) is 9.27. The topological polar surface area (TPSA) is 60.8 Å². The fourth-order valence-corrected chi connectivity index (χ4v) is 1.91. The molecule has 5 heteroatoms. The van der Waals surface area contributed by atoms with Gasteiger partial charge in [-0.1, -0.05) is 0 Å². The molecule has 1 aliphatic heterocycles. The molecule has 0 spiro atoms. The molecule has 1 heterocycles. The highest BCUT2D eigenvalue weighted by molar-refractivity contribution is 5.85. The van der Waals surface area contributed by atoms with Crippen LogP contribution in [0, 0.1) is 0 Å². The normalized spacial score (nSPS) is 21.1. The van der Waals surface area contributed by atoms with Crippen LogP contribution < -0.4 is 0 Å². The second kappa shape index (κ2) is 5.68. The fraction of sp³-hybridized carbons (Fsp3) is 0.900. The molecule has 0 bridgehead atoms. The molecule has 0 saturated carbocycles. The van der Waals surface area contributed by atoms with Crippen molar-refractivity contribution in [1.82, 2.24) is 4.90 Å². The molecule has 0 aromatic rings. The molecule has 0 radical (unpaired) electrons. The highest BCUT2D eigenvalue weighted by Crippen LogP contribution is 2.26. The number of hydrogen-bond donors (Lipinski definition) is 2. The van der Waals surface area contributed by atoms with E-state index in [9.17, 15) is 9.90 Å². The molecule has 90 valence electrons. The number of halogens is 1. The first-order chi connectivity index (χ1) is 6.43. The van der Waals surface area contributed by atoms with E-state index < -0.39 is 11.6 Å². The molecule has 1 fully saturated rings. The van der Waals surface area contributed by atoms with Crippen LogP contribution in [0.5, 0.6) is 0 Å². The Balaban J connectivity index is 0.00000196. The lowest BCUT2D eigenvalue weighted by atomic mass is 9.88. The van der Waals surface area contributed by atoms with Crippen molar-refractivity contribution in [3.8, 4) is 0 Å². The minimum atomic E-state index is -0.975. The quantitative estimate of drug-likeness (QED) is 0.772. The molecule has 0 aliphatic carbocycles. The molecule has 0 amide bonds. The van der Waals surface area contributed by atoms with E-state index in [0.29, 0.717) is 18.9 Å². The Bertz CT molecular complexity index is 213. The van der Waals surface area contributed by atoms with E-state index in [-0.39, 0.29) is 18.8 Å². The lowest BCUT2D eigenvalue weighted by molar-refractivity contribution is -0.144. The molecule has 0 unspecified atom stereocenters. The standard InChI is InChI=1S/C10H19NO3.ClH/c1-8(2)11-5-3-10(14,4-6-11)7-9(12)13;/h8,14H,3-7H2,1-2H3,(H,12,13);1H. The summed E-state index contributed by atoms with van der Waals surface area (Å²) in [6, 6.07) is 0.476. The van der Waals surface area contributed by atoms with Gasteiger partial charge in [-0.25, -0.2) is 0 Å². The molecular weight excluding hydrogens is 218 g/mol. The van der Waals surface area contributed by atoms with Gasteiger partial charge in [-0.15, -0.1) is 12.4 Å². The Labute approximate surface area is 96.7 Å². The third kappa shape index (κ3) is 4.36. The van der Waals surface area contributed by atoms with Gasteiger partial charge in [0.25, 0.3) is 0 Å². The molecule has 15 heavy (non-hydrogen) atoms. The summed E-state index contributed by atoms with van der Waals surface area (Å²) >= 11 is 0. The Morgan fingerprint density at radius 1 is 1.40 bits per heavy atom. The van der Waals surface area contributed by atoms with Crippen molar-refractivity contribution in [2.24, 2.45) is 0 Å². The number of rotatable bonds is 3. The van der Waals surface area contributed by atoms with Crippen LogP contribution in [-0.2, 0) is 4.79 Å². The Morgan fingerprint density at radius 2 is 1.87 bits per heavy atom. The van der Waals surface area contributed by atoms with Crippen molar-refractivity contribution in [2.75, 3.05) is 13.1 Å². The number of aliphatic hydroxyl groups is 1. The van der Waals surface area contributed by atoms with E-state index in [1.165, 1.54) is 0 Å². The zero-order chi connectivity index (χ0) is 10.8. The summed E-state index contributed by atoms with van der Waals surface area (Å²) in [6.45, 7) is 5.81. The van der Waals surface area contributed by atoms with Crippen molar-refractivity contribution in [1.29, 1.82) is 0 Å². The maximum atomic E-state index is 10.5. The van der Waals surface area contributed by atoms with Gasteiger partial charge in [0.15, 0.2) is 0 Å². The summed E-state index contributed by atoms with van der Waals surface area (Å²) in [5, 5.41) is 18.6. The van der Waals surface area contributed by atoms with E-state index in [2.05, 4.69) is 18.7 Å². The van der Waals surface area contributed by atoms with Crippen molar-refractivity contribution in [2.45, 2.75) is 44.8 Å². The van der Waals surface area contributed by atoms with Crippen molar-refractivity contribution in [3.63, 3.8) is 0 Å². The van der Waals surface area contributed by atoms with Crippen molar-refractivity contribution >= 4 is 18.4 Å². The maximum absolute atomic E-state index is 10.5. The van der Waals surface area contributed by atoms with Crippen molar-refractivity contribution < 1.29 is 15.0 Å². The van der Waals surface area contributed by atoms with E-state index in [1.54, 1.807) is 0 Å². The summed E-state index contributed by atoms with van der Waals surface area (Å²) in [4.78, 5) is 12.8. The lowest BCUT2D eigenvalue weighted by Crippen LogP contribution is -2.47. The van der Waals surface area contributed by atoms with Gasteiger partial charge in [-0.2, -0.15) is 0 Å².